The monoisotopic (exact) mass is 174 g/mol. The Balaban J connectivity index is 3.02. The van der Waals surface area contributed by atoms with Crippen LogP contribution in [-0.2, 0) is 0 Å². The van der Waals surface area contributed by atoms with Crippen molar-refractivity contribution < 1.29 is 4.52 Å². The predicted octanol–water partition coefficient (Wildman–Crippen LogP) is 2.32. The molecule has 1 aromatic rings. The summed E-state index contributed by atoms with van der Waals surface area (Å²) in [6, 6.07) is 14.8. The van der Waals surface area contributed by atoms with Gasteiger partial charge in [-0.2, -0.15) is 0 Å². The fourth-order valence-corrected chi connectivity index (χ4v) is 0.635. The Bertz CT molecular complexity index is 207. The van der Waals surface area contributed by atoms with Crippen LogP contribution in [-0.4, -0.2) is 10.4 Å². The molecule has 13 heavy (non-hydrogen) atoms. The quantitative estimate of drug-likeness (QED) is 0.605. The molecule has 3 nitrogen and oxygen atoms in total. The molecule has 1 rings (SSSR count). The van der Waals surface area contributed by atoms with Crippen molar-refractivity contribution in [1.82, 2.24) is 10.4 Å². The van der Waals surface area contributed by atoms with Crippen LogP contribution in [0.1, 0.15) is 0 Å². The van der Waals surface area contributed by atoms with Gasteiger partial charge in [-0.3, -0.25) is 0 Å². The molecular formula is C10H10N2O. The van der Waals surface area contributed by atoms with Crippen LogP contribution in [0.25, 0.3) is 0 Å². The van der Waals surface area contributed by atoms with E-state index in [-0.39, 0.29) is 0 Å². The first-order chi connectivity index (χ1) is 6.50. The maximum absolute atomic E-state index is 4.67. The molecule has 0 fully saturated rings. The van der Waals surface area contributed by atoms with Crippen LogP contribution in [0.2, 0.25) is 0 Å². The van der Waals surface area contributed by atoms with E-state index in [2.05, 4.69) is 14.9 Å². The lowest BCUT2D eigenvalue weighted by Crippen LogP contribution is -1.65. The third-order valence-electron chi connectivity index (χ3n) is 1.16. The van der Waals surface area contributed by atoms with Crippen molar-refractivity contribution in [3.05, 3.63) is 61.0 Å². The molecule has 0 atom stereocenters. The molecule has 0 aliphatic rings. The molecule has 0 N–H and O–H groups in total. The van der Waals surface area contributed by atoms with E-state index in [9.17, 15) is 0 Å². The van der Waals surface area contributed by atoms with Gasteiger partial charge in [-0.05, 0) is 12.1 Å². The predicted molar refractivity (Wildman–Crippen MR) is 49.6 cm³/mol. The Labute approximate surface area is 76.7 Å². The summed E-state index contributed by atoms with van der Waals surface area (Å²) >= 11 is 0. The zero-order valence-electron chi connectivity index (χ0n) is 7.08. The molecule has 0 radical (unpaired) electrons. The molecule has 0 unspecified atom stereocenters. The Hall–Kier alpha value is -1.90. The molecule has 66 valence electrons. The highest BCUT2D eigenvalue weighted by Crippen LogP contribution is 1.77. The van der Waals surface area contributed by atoms with Gasteiger partial charge >= 0.3 is 0 Å². The molecule has 0 saturated heterocycles. The van der Waals surface area contributed by atoms with Gasteiger partial charge in [0.15, 0.2) is 0 Å². The maximum atomic E-state index is 4.67. The molecule has 3 heteroatoms. The summed E-state index contributed by atoms with van der Waals surface area (Å²) in [5.41, 5.74) is 0. The highest BCUT2D eigenvalue weighted by Gasteiger charge is 1.59. The average Bonchev–Trinajstić information content (AvgIpc) is 2.18. The standard InChI is InChI=1S/C10H10N2O/c1-2-4-6-8-10-13-12-11-9-7-5-3-1/h1-10H. The van der Waals surface area contributed by atoms with E-state index >= 15 is 0 Å². The minimum Gasteiger partial charge on any atom is -0.347 e. The third kappa shape index (κ3) is 5.38. The van der Waals surface area contributed by atoms with E-state index in [1.165, 1.54) is 6.26 Å². The van der Waals surface area contributed by atoms with E-state index in [0.717, 1.165) is 0 Å². The first kappa shape index (κ1) is 9.19. The van der Waals surface area contributed by atoms with E-state index in [0.29, 0.717) is 0 Å². The molecule has 0 amide bonds. The van der Waals surface area contributed by atoms with Crippen molar-refractivity contribution in [3.63, 3.8) is 0 Å². The lowest BCUT2D eigenvalue weighted by Gasteiger charge is -1.65. The first-order valence-corrected chi connectivity index (χ1v) is 3.88. The van der Waals surface area contributed by atoms with Crippen molar-refractivity contribution in [2.45, 2.75) is 0 Å². The number of hydrogen-bond acceptors (Lipinski definition) is 3. The average molecular weight is 174 g/mol. The zero-order chi connectivity index (χ0) is 9.19. The minimum atomic E-state index is 1.45. The van der Waals surface area contributed by atoms with Crippen LogP contribution in [0, 0.1) is 0 Å². The highest BCUT2D eigenvalue weighted by atomic mass is 16.5. The summed E-state index contributed by atoms with van der Waals surface area (Å²) in [6.45, 7) is 0. The minimum absolute atomic E-state index is 1.45. The fraction of sp³-hybridized carbons (Fsp3) is 0. The fourth-order valence-electron chi connectivity index (χ4n) is 0.635. The molecule has 0 spiro atoms. The summed E-state index contributed by atoms with van der Waals surface area (Å²) < 4.78 is 4.67. The van der Waals surface area contributed by atoms with Gasteiger partial charge in [0.1, 0.15) is 6.26 Å². The van der Waals surface area contributed by atoms with Crippen LogP contribution < -0.4 is 0 Å². The lowest BCUT2D eigenvalue weighted by atomic mass is 10.4. The topological polar surface area (TPSA) is 38.9 Å². The first-order valence-electron chi connectivity index (χ1n) is 3.88. The second-order valence-corrected chi connectivity index (χ2v) is 2.13. The van der Waals surface area contributed by atoms with Crippen LogP contribution in [0.15, 0.2) is 65.5 Å². The summed E-state index contributed by atoms with van der Waals surface area (Å²) in [6.07, 6.45) is 3.00. The molecule has 0 aliphatic carbocycles. The Kier molecular flexibility index (Phi) is 4.80. The van der Waals surface area contributed by atoms with Crippen LogP contribution in [0.3, 0.4) is 0 Å². The largest absolute Gasteiger partial charge is 0.347 e. The van der Waals surface area contributed by atoms with E-state index in [1.807, 2.05) is 36.4 Å². The van der Waals surface area contributed by atoms with Gasteiger partial charge < -0.3 is 4.52 Å². The van der Waals surface area contributed by atoms with Crippen molar-refractivity contribution in [2.24, 2.45) is 0 Å². The summed E-state index contributed by atoms with van der Waals surface area (Å²) in [5.74, 6) is 0. The molecule has 1 aromatic heterocycles. The van der Waals surface area contributed by atoms with E-state index < -0.39 is 0 Å². The zero-order valence-corrected chi connectivity index (χ0v) is 7.08. The highest BCUT2D eigenvalue weighted by molar-refractivity contribution is 4.93. The van der Waals surface area contributed by atoms with Crippen molar-refractivity contribution in [1.29, 1.82) is 0 Å². The molecular weight excluding hydrogens is 164 g/mol. The molecule has 0 saturated carbocycles. The van der Waals surface area contributed by atoms with Gasteiger partial charge in [0, 0.05) is 5.27 Å². The van der Waals surface area contributed by atoms with Crippen LogP contribution in [0.4, 0.5) is 0 Å². The van der Waals surface area contributed by atoms with Gasteiger partial charge in [-0.15, -0.1) is 5.10 Å². The van der Waals surface area contributed by atoms with Gasteiger partial charge in [0.2, 0.25) is 0 Å². The summed E-state index contributed by atoms with van der Waals surface area (Å²) in [4.78, 5) is 0. The van der Waals surface area contributed by atoms with E-state index in [1.54, 1.807) is 18.3 Å². The molecule has 0 aliphatic heterocycles. The third-order valence-corrected chi connectivity index (χ3v) is 1.16. The molecule has 1 heterocycles. The number of nitrogens with zero attached hydrogens (tertiary/aromatic N) is 2. The van der Waals surface area contributed by atoms with Gasteiger partial charge in [-0.25, -0.2) is 0 Å². The van der Waals surface area contributed by atoms with Gasteiger partial charge in [0.25, 0.3) is 0 Å². The summed E-state index contributed by atoms with van der Waals surface area (Å²) in [7, 11) is 0. The Morgan fingerprint density at radius 3 is 2.08 bits per heavy atom. The van der Waals surface area contributed by atoms with Crippen LogP contribution in [0.5, 0.6) is 0 Å². The van der Waals surface area contributed by atoms with Crippen molar-refractivity contribution >= 4 is 0 Å². The lowest BCUT2D eigenvalue weighted by molar-refractivity contribution is 0.367. The van der Waals surface area contributed by atoms with Gasteiger partial charge in [0.05, 0.1) is 6.20 Å². The maximum Gasteiger partial charge on any atom is 0.124 e. The SMILES string of the molecule is c1ccccconncccc1. The Morgan fingerprint density at radius 2 is 1.31 bits per heavy atom. The smallest absolute Gasteiger partial charge is 0.124 e. The Morgan fingerprint density at radius 1 is 0.692 bits per heavy atom. The number of aromatic nitrogens is 2. The molecule has 0 aromatic carbocycles. The second kappa shape index (κ2) is 6.79. The number of hydrogen-bond donors (Lipinski definition) is 0. The van der Waals surface area contributed by atoms with Gasteiger partial charge in [-0.1, -0.05) is 36.4 Å². The van der Waals surface area contributed by atoms with Crippen molar-refractivity contribution in [3.8, 4) is 0 Å². The van der Waals surface area contributed by atoms with Crippen LogP contribution >= 0.6 is 0 Å². The van der Waals surface area contributed by atoms with Crippen molar-refractivity contribution in [2.75, 3.05) is 0 Å². The number of rotatable bonds is 0. The summed E-state index contributed by atoms with van der Waals surface area (Å²) in [5, 5.41) is 7.01. The van der Waals surface area contributed by atoms with E-state index in [4.69, 9.17) is 0 Å². The molecule has 0 bridgehead atoms. The second-order valence-electron chi connectivity index (χ2n) is 2.13. The normalized spacial score (nSPS) is 8.00.